The molecule has 0 atom stereocenters. The second-order valence-electron chi connectivity index (χ2n) is 7.94. The molecule has 7 heteroatoms. The third-order valence-electron chi connectivity index (χ3n) is 5.02. The van der Waals surface area contributed by atoms with Crippen LogP contribution >= 0.6 is 0 Å². The molecule has 0 fully saturated rings. The largest absolute Gasteiger partial charge is 0.458 e. The molecule has 1 aromatic carbocycles. The predicted octanol–water partition coefficient (Wildman–Crippen LogP) is 3.06. The number of esters is 1. The third-order valence-corrected chi connectivity index (χ3v) is 6.76. The van der Waals surface area contributed by atoms with Crippen molar-refractivity contribution in [2.45, 2.75) is 66.7 Å². The van der Waals surface area contributed by atoms with E-state index in [9.17, 15) is 18.0 Å². The van der Waals surface area contributed by atoms with Crippen molar-refractivity contribution in [1.29, 1.82) is 0 Å². The van der Waals surface area contributed by atoms with Crippen molar-refractivity contribution in [1.82, 2.24) is 4.72 Å². The maximum atomic E-state index is 12.8. The van der Waals surface area contributed by atoms with Crippen LogP contribution in [0, 0.1) is 40.0 Å². The number of rotatable bonds is 7. The van der Waals surface area contributed by atoms with E-state index in [0.29, 0.717) is 11.1 Å². The Balaban J connectivity index is 2.79. The van der Waals surface area contributed by atoms with Crippen LogP contribution in [0.15, 0.2) is 4.90 Å². The van der Waals surface area contributed by atoms with Gasteiger partial charge in [0.25, 0.3) is 0 Å². The van der Waals surface area contributed by atoms with Gasteiger partial charge in [-0.2, -0.15) is 0 Å². The highest BCUT2D eigenvalue weighted by Crippen LogP contribution is 2.29. The minimum atomic E-state index is -3.76. The fourth-order valence-corrected chi connectivity index (χ4v) is 4.29. The molecule has 0 saturated heterocycles. The summed E-state index contributed by atoms with van der Waals surface area (Å²) in [6.07, 6.45) is -0.140. The molecule has 1 aromatic rings. The lowest BCUT2D eigenvalue weighted by Gasteiger charge is -2.19. The molecule has 0 aliphatic rings. The van der Waals surface area contributed by atoms with Crippen molar-refractivity contribution < 1.29 is 22.7 Å². The molecule has 1 rings (SSSR count). The maximum Gasteiger partial charge on any atom is 0.307 e. The number of carbonyl (C=O) groups is 2. The molecule has 0 amide bonds. The standard InChI is InChI=1S/C20H31NO5S/c1-12-13(2)15(4)19(16(5)14(12)3)27(24,25)21-10-9-18(23)26-11-17(22)20(6,7)8/h21H,9-11H2,1-8H3. The average molecular weight is 398 g/mol. The zero-order valence-corrected chi connectivity index (χ0v) is 18.4. The van der Waals surface area contributed by atoms with Gasteiger partial charge < -0.3 is 4.74 Å². The number of benzene rings is 1. The van der Waals surface area contributed by atoms with E-state index in [1.54, 1.807) is 34.6 Å². The fraction of sp³-hybridized carbons (Fsp3) is 0.600. The smallest absolute Gasteiger partial charge is 0.307 e. The molecule has 27 heavy (non-hydrogen) atoms. The van der Waals surface area contributed by atoms with E-state index in [1.807, 2.05) is 20.8 Å². The highest BCUT2D eigenvalue weighted by Gasteiger charge is 2.24. The van der Waals surface area contributed by atoms with Crippen molar-refractivity contribution in [2.24, 2.45) is 5.41 Å². The van der Waals surface area contributed by atoms with Gasteiger partial charge in [0.05, 0.1) is 11.3 Å². The SMILES string of the molecule is Cc1c(C)c(C)c(S(=O)(=O)NCCC(=O)OCC(=O)C(C)(C)C)c(C)c1C. The van der Waals surface area contributed by atoms with Gasteiger partial charge in [-0.15, -0.1) is 0 Å². The van der Waals surface area contributed by atoms with Crippen LogP contribution in [-0.4, -0.2) is 33.3 Å². The zero-order chi connectivity index (χ0) is 21.2. The molecule has 0 aromatic heterocycles. The lowest BCUT2D eigenvalue weighted by Crippen LogP contribution is -2.30. The number of sulfonamides is 1. The Labute approximate surface area is 162 Å². The number of ether oxygens (including phenoxy) is 1. The molecule has 1 N–H and O–H groups in total. The van der Waals surface area contributed by atoms with Gasteiger partial charge >= 0.3 is 5.97 Å². The third kappa shape index (κ3) is 5.62. The van der Waals surface area contributed by atoms with Crippen molar-refractivity contribution in [3.8, 4) is 0 Å². The van der Waals surface area contributed by atoms with E-state index in [4.69, 9.17) is 4.74 Å². The molecule has 0 bridgehead atoms. The first kappa shape index (κ1) is 23.3. The van der Waals surface area contributed by atoms with Gasteiger partial charge in [0.1, 0.15) is 0 Å². The van der Waals surface area contributed by atoms with Crippen LogP contribution in [0.25, 0.3) is 0 Å². The normalized spacial score (nSPS) is 12.1. The second kappa shape index (κ2) is 8.52. The fourth-order valence-electron chi connectivity index (χ4n) is 2.66. The number of carbonyl (C=O) groups excluding carboxylic acids is 2. The quantitative estimate of drug-likeness (QED) is 0.714. The van der Waals surface area contributed by atoms with Crippen molar-refractivity contribution in [2.75, 3.05) is 13.2 Å². The molecule has 0 aliphatic heterocycles. The summed E-state index contributed by atoms with van der Waals surface area (Å²) in [6.45, 7) is 14.2. The van der Waals surface area contributed by atoms with E-state index in [0.717, 1.165) is 16.7 Å². The van der Waals surface area contributed by atoms with E-state index in [-0.39, 0.29) is 30.3 Å². The molecule has 6 nitrogen and oxygen atoms in total. The number of hydrogen-bond acceptors (Lipinski definition) is 5. The topological polar surface area (TPSA) is 89.5 Å². The first-order valence-electron chi connectivity index (χ1n) is 8.95. The first-order chi connectivity index (χ1) is 12.2. The molecule has 0 saturated carbocycles. The minimum absolute atomic E-state index is 0.0876. The Morgan fingerprint density at radius 1 is 0.889 bits per heavy atom. The molecule has 0 heterocycles. The van der Waals surface area contributed by atoms with Crippen LogP contribution in [-0.2, 0) is 24.3 Å². The van der Waals surface area contributed by atoms with Crippen LogP contribution in [0.4, 0.5) is 0 Å². The average Bonchev–Trinajstić information content (AvgIpc) is 2.54. The predicted molar refractivity (Wildman–Crippen MR) is 105 cm³/mol. The Morgan fingerprint density at radius 2 is 1.33 bits per heavy atom. The highest BCUT2D eigenvalue weighted by atomic mass is 32.2. The summed E-state index contributed by atoms with van der Waals surface area (Å²) in [5.41, 5.74) is 3.80. The molecular weight excluding hydrogens is 366 g/mol. The van der Waals surface area contributed by atoms with Crippen molar-refractivity contribution in [3.05, 3.63) is 27.8 Å². The molecule has 0 aliphatic carbocycles. The van der Waals surface area contributed by atoms with Crippen LogP contribution in [0.2, 0.25) is 0 Å². The first-order valence-corrected chi connectivity index (χ1v) is 10.4. The van der Waals surface area contributed by atoms with Crippen LogP contribution < -0.4 is 4.72 Å². The lowest BCUT2D eigenvalue weighted by molar-refractivity contribution is -0.149. The Kier molecular flexibility index (Phi) is 7.36. The lowest BCUT2D eigenvalue weighted by atomic mass is 9.91. The Bertz CT molecular complexity index is 819. The molecule has 0 spiro atoms. The summed E-state index contributed by atoms with van der Waals surface area (Å²) >= 11 is 0. The van der Waals surface area contributed by atoms with Gasteiger partial charge in [-0.3, -0.25) is 9.59 Å². The van der Waals surface area contributed by atoms with Gasteiger partial charge in [-0.05, 0) is 62.4 Å². The molecule has 152 valence electrons. The van der Waals surface area contributed by atoms with E-state index < -0.39 is 21.4 Å². The monoisotopic (exact) mass is 397 g/mol. The summed E-state index contributed by atoms with van der Waals surface area (Å²) in [5, 5.41) is 0. The van der Waals surface area contributed by atoms with E-state index >= 15 is 0 Å². The number of Topliss-reactive ketones (excluding diaryl/α,β-unsaturated/α-hetero) is 1. The van der Waals surface area contributed by atoms with Crippen LogP contribution in [0.3, 0.4) is 0 Å². The highest BCUT2D eigenvalue weighted by molar-refractivity contribution is 7.89. The van der Waals surface area contributed by atoms with Gasteiger partial charge in [0, 0.05) is 12.0 Å². The molecular formula is C20H31NO5S. The van der Waals surface area contributed by atoms with Gasteiger partial charge in [-0.25, -0.2) is 13.1 Å². The Morgan fingerprint density at radius 3 is 1.78 bits per heavy atom. The Hall–Kier alpha value is -1.73. The summed E-state index contributed by atoms with van der Waals surface area (Å²) in [6, 6.07) is 0. The van der Waals surface area contributed by atoms with Crippen molar-refractivity contribution in [3.63, 3.8) is 0 Å². The summed E-state index contributed by atoms with van der Waals surface area (Å²) in [5.74, 6) is -0.798. The second-order valence-corrected chi connectivity index (χ2v) is 9.64. The van der Waals surface area contributed by atoms with E-state index in [2.05, 4.69) is 4.72 Å². The summed E-state index contributed by atoms with van der Waals surface area (Å²) in [7, 11) is -3.76. The van der Waals surface area contributed by atoms with Gasteiger partial charge in [-0.1, -0.05) is 20.8 Å². The van der Waals surface area contributed by atoms with Gasteiger partial charge in [0.15, 0.2) is 12.4 Å². The summed E-state index contributed by atoms with van der Waals surface area (Å²) in [4.78, 5) is 23.8. The van der Waals surface area contributed by atoms with Crippen molar-refractivity contribution >= 4 is 21.8 Å². The number of nitrogens with one attached hydrogen (secondary N) is 1. The van der Waals surface area contributed by atoms with Gasteiger partial charge in [0.2, 0.25) is 10.0 Å². The van der Waals surface area contributed by atoms with E-state index in [1.165, 1.54) is 0 Å². The van der Waals surface area contributed by atoms with Crippen LogP contribution in [0.5, 0.6) is 0 Å². The summed E-state index contributed by atoms with van der Waals surface area (Å²) < 4.78 is 32.9. The minimum Gasteiger partial charge on any atom is -0.458 e. The number of ketones is 1. The zero-order valence-electron chi connectivity index (χ0n) is 17.6. The number of hydrogen-bond donors (Lipinski definition) is 1. The maximum absolute atomic E-state index is 12.8. The van der Waals surface area contributed by atoms with Crippen LogP contribution in [0.1, 0.15) is 55.0 Å². The molecule has 0 unspecified atom stereocenters. The molecule has 0 radical (unpaired) electrons.